The van der Waals surface area contributed by atoms with Gasteiger partial charge in [0, 0.05) is 17.6 Å². The van der Waals surface area contributed by atoms with Crippen LogP contribution in [0.25, 0.3) is 10.9 Å². The van der Waals surface area contributed by atoms with E-state index < -0.39 is 0 Å². The van der Waals surface area contributed by atoms with Crippen LogP contribution in [0.15, 0.2) is 84.0 Å². The molecule has 0 aliphatic carbocycles. The second-order valence-electron chi connectivity index (χ2n) is 6.55. The van der Waals surface area contributed by atoms with Gasteiger partial charge < -0.3 is 10.6 Å². The van der Waals surface area contributed by atoms with Crippen molar-refractivity contribution in [3.63, 3.8) is 0 Å². The summed E-state index contributed by atoms with van der Waals surface area (Å²) in [6.45, 7) is 0.482. The standard InChI is InChI=1S/C23H19FN4OS/c24-17-10-12-18(13-11-17)26-22-19-8-4-5-9-20(19)27-23(28-22)30-15-21(29)25-14-16-6-2-1-3-7-16/h1-13H,14-15H2,(H,25,29)(H,26,27,28). The van der Waals surface area contributed by atoms with E-state index in [1.165, 1.54) is 23.9 Å². The number of fused-ring (bicyclic) bond motifs is 1. The molecule has 30 heavy (non-hydrogen) atoms. The number of aromatic nitrogens is 2. The van der Waals surface area contributed by atoms with E-state index in [1.54, 1.807) is 12.1 Å². The molecule has 0 saturated heterocycles. The smallest absolute Gasteiger partial charge is 0.230 e. The van der Waals surface area contributed by atoms with Gasteiger partial charge in [-0.2, -0.15) is 0 Å². The molecular weight excluding hydrogens is 399 g/mol. The molecular formula is C23H19FN4OS. The van der Waals surface area contributed by atoms with Gasteiger partial charge in [-0.3, -0.25) is 4.79 Å². The van der Waals surface area contributed by atoms with Crippen LogP contribution in [0, 0.1) is 5.82 Å². The number of benzene rings is 3. The molecule has 0 unspecified atom stereocenters. The Balaban J connectivity index is 1.47. The zero-order valence-corrected chi connectivity index (χ0v) is 16.8. The third-order valence-corrected chi connectivity index (χ3v) is 5.20. The van der Waals surface area contributed by atoms with Crippen molar-refractivity contribution in [1.82, 2.24) is 15.3 Å². The number of halogens is 1. The van der Waals surface area contributed by atoms with Gasteiger partial charge in [0.15, 0.2) is 5.16 Å². The number of nitrogens with zero attached hydrogens (tertiary/aromatic N) is 2. The van der Waals surface area contributed by atoms with Gasteiger partial charge in [-0.25, -0.2) is 14.4 Å². The number of anilines is 2. The van der Waals surface area contributed by atoms with E-state index in [9.17, 15) is 9.18 Å². The molecule has 0 radical (unpaired) electrons. The van der Waals surface area contributed by atoms with Gasteiger partial charge >= 0.3 is 0 Å². The Morgan fingerprint density at radius 3 is 2.43 bits per heavy atom. The fourth-order valence-corrected chi connectivity index (χ4v) is 3.54. The van der Waals surface area contributed by atoms with Crippen LogP contribution < -0.4 is 10.6 Å². The van der Waals surface area contributed by atoms with Crippen LogP contribution in [0.4, 0.5) is 15.9 Å². The van der Waals surface area contributed by atoms with E-state index in [0.29, 0.717) is 17.5 Å². The summed E-state index contributed by atoms with van der Waals surface area (Å²) in [5.74, 6) is 0.431. The lowest BCUT2D eigenvalue weighted by atomic mass is 10.2. The van der Waals surface area contributed by atoms with Crippen molar-refractivity contribution in [3.05, 3.63) is 90.2 Å². The van der Waals surface area contributed by atoms with Gasteiger partial charge in [0.05, 0.1) is 11.3 Å². The van der Waals surface area contributed by atoms with Gasteiger partial charge in [-0.15, -0.1) is 0 Å². The number of hydrogen-bond donors (Lipinski definition) is 2. The molecule has 150 valence electrons. The molecule has 1 aromatic heterocycles. The minimum Gasteiger partial charge on any atom is -0.351 e. The lowest BCUT2D eigenvalue weighted by molar-refractivity contribution is -0.118. The van der Waals surface area contributed by atoms with Crippen LogP contribution in [-0.2, 0) is 11.3 Å². The fourth-order valence-electron chi connectivity index (χ4n) is 2.86. The Hall–Kier alpha value is -3.45. The predicted octanol–water partition coefficient (Wildman–Crippen LogP) is 4.92. The normalized spacial score (nSPS) is 10.7. The van der Waals surface area contributed by atoms with Crippen molar-refractivity contribution in [2.24, 2.45) is 0 Å². The van der Waals surface area contributed by atoms with Crippen molar-refractivity contribution in [2.45, 2.75) is 11.7 Å². The molecule has 4 rings (SSSR count). The molecule has 0 fully saturated rings. The van der Waals surface area contributed by atoms with E-state index in [1.807, 2.05) is 54.6 Å². The number of para-hydroxylation sites is 1. The summed E-state index contributed by atoms with van der Waals surface area (Å²) < 4.78 is 13.2. The number of rotatable bonds is 7. The van der Waals surface area contributed by atoms with Gasteiger partial charge in [-0.05, 0) is 42.0 Å². The SMILES string of the molecule is O=C(CSc1nc(Nc2ccc(F)cc2)c2ccccc2n1)NCc1ccccc1. The van der Waals surface area contributed by atoms with Crippen molar-refractivity contribution in [3.8, 4) is 0 Å². The highest BCUT2D eigenvalue weighted by atomic mass is 32.2. The Bertz CT molecular complexity index is 1150. The monoisotopic (exact) mass is 418 g/mol. The Morgan fingerprint density at radius 1 is 0.900 bits per heavy atom. The maximum Gasteiger partial charge on any atom is 0.230 e. The van der Waals surface area contributed by atoms with Crippen LogP contribution in [0.3, 0.4) is 0 Å². The summed E-state index contributed by atoms with van der Waals surface area (Å²) in [5, 5.41) is 7.46. The highest BCUT2D eigenvalue weighted by Gasteiger charge is 2.11. The molecule has 2 N–H and O–H groups in total. The number of nitrogens with one attached hydrogen (secondary N) is 2. The molecule has 1 amide bonds. The second-order valence-corrected chi connectivity index (χ2v) is 7.50. The Labute approximate surface area is 177 Å². The number of carbonyl (C=O) groups excluding carboxylic acids is 1. The quantitative estimate of drug-likeness (QED) is 0.329. The van der Waals surface area contributed by atoms with E-state index in [2.05, 4.69) is 20.6 Å². The zero-order chi connectivity index (χ0) is 20.8. The van der Waals surface area contributed by atoms with E-state index in [-0.39, 0.29) is 17.5 Å². The van der Waals surface area contributed by atoms with Gasteiger partial charge in [0.2, 0.25) is 5.91 Å². The van der Waals surface area contributed by atoms with Gasteiger partial charge in [0.1, 0.15) is 11.6 Å². The van der Waals surface area contributed by atoms with Gasteiger partial charge in [-0.1, -0.05) is 54.2 Å². The first-order valence-corrected chi connectivity index (χ1v) is 10.4. The topological polar surface area (TPSA) is 66.9 Å². The van der Waals surface area contributed by atoms with E-state index in [0.717, 1.165) is 22.2 Å². The summed E-state index contributed by atoms with van der Waals surface area (Å²) in [5.41, 5.74) is 2.53. The third-order valence-electron chi connectivity index (χ3n) is 4.35. The fraction of sp³-hybridized carbons (Fsp3) is 0.0870. The summed E-state index contributed by atoms with van der Waals surface area (Å²) in [4.78, 5) is 21.4. The molecule has 1 heterocycles. The molecule has 3 aromatic carbocycles. The summed E-state index contributed by atoms with van der Waals surface area (Å²) in [6.07, 6.45) is 0. The molecule has 0 aliphatic heterocycles. The minimum absolute atomic E-state index is 0.0892. The summed E-state index contributed by atoms with van der Waals surface area (Å²) >= 11 is 1.27. The summed E-state index contributed by atoms with van der Waals surface area (Å²) in [6, 6.07) is 23.4. The van der Waals surface area contributed by atoms with Crippen molar-refractivity contribution in [1.29, 1.82) is 0 Å². The van der Waals surface area contributed by atoms with Crippen molar-refractivity contribution >= 4 is 40.1 Å². The maximum atomic E-state index is 13.2. The molecule has 7 heteroatoms. The average molecular weight is 418 g/mol. The van der Waals surface area contributed by atoms with Crippen LogP contribution >= 0.6 is 11.8 Å². The minimum atomic E-state index is -0.300. The lowest BCUT2D eigenvalue weighted by Gasteiger charge is -2.11. The lowest BCUT2D eigenvalue weighted by Crippen LogP contribution is -2.24. The number of amides is 1. The Morgan fingerprint density at radius 2 is 1.63 bits per heavy atom. The highest BCUT2D eigenvalue weighted by molar-refractivity contribution is 7.99. The maximum absolute atomic E-state index is 13.2. The van der Waals surface area contributed by atoms with Gasteiger partial charge in [0.25, 0.3) is 0 Å². The largest absolute Gasteiger partial charge is 0.351 e. The predicted molar refractivity (Wildman–Crippen MR) is 118 cm³/mol. The Kier molecular flexibility index (Phi) is 6.20. The zero-order valence-electron chi connectivity index (χ0n) is 16.0. The average Bonchev–Trinajstić information content (AvgIpc) is 2.78. The first kappa shape index (κ1) is 19.8. The molecule has 0 atom stereocenters. The van der Waals surface area contributed by atoms with Crippen molar-refractivity contribution in [2.75, 3.05) is 11.1 Å². The van der Waals surface area contributed by atoms with Crippen LogP contribution in [0.5, 0.6) is 0 Å². The molecule has 0 saturated carbocycles. The number of hydrogen-bond acceptors (Lipinski definition) is 5. The second kappa shape index (κ2) is 9.37. The molecule has 0 bridgehead atoms. The first-order chi connectivity index (χ1) is 14.7. The molecule has 0 aliphatic rings. The van der Waals surface area contributed by atoms with Crippen LogP contribution in [-0.4, -0.2) is 21.6 Å². The van der Waals surface area contributed by atoms with E-state index >= 15 is 0 Å². The molecule has 5 nitrogen and oxygen atoms in total. The molecule has 0 spiro atoms. The molecule has 4 aromatic rings. The summed E-state index contributed by atoms with van der Waals surface area (Å²) in [7, 11) is 0. The number of carbonyl (C=O) groups is 1. The highest BCUT2D eigenvalue weighted by Crippen LogP contribution is 2.27. The number of thioether (sulfide) groups is 1. The van der Waals surface area contributed by atoms with Crippen LogP contribution in [0.2, 0.25) is 0 Å². The van der Waals surface area contributed by atoms with Crippen LogP contribution in [0.1, 0.15) is 5.56 Å². The van der Waals surface area contributed by atoms with E-state index in [4.69, 9.17) is 0 Å². The third kappa shape index (κ3) is 5.12. The first-order valence-electron chi connectivity index (χ1n) is 9.40. The van der Waals surface area contributed by atoms with Crippen molar-refractivity contribution < 1.29 is 9.18 Å².